The predicted molar refractivity (Wildman–Crippen MR) is 113 cm³/mol. The van der Waals surface area contributed by atoms with Gasteiger partial charge in [-0.05, 0) is 62.2 Å². The molecule has 2 aliphatic rings. The van der Waals surface area contributed by atoms with Crippen molar-refractivity contribution in [3.8, 4) is 0 Å². The summed E-state index contributed by atoms with van der Waals surface area (Å²) < 4.78 is 6.07. The Labute approximate surface area is 168 Å². The lowest BCUT2D eigenvalue weighted by Gasteiger charge is -2.44. The number of piperidine rings is 1. The molecule has 0 unspecified atom stereocenters. The zero-order valence-electron chi connectivity index (χ0n) is 17.2. The van der Waals surface area contributed by atoms with Gasteiger partial charge >= 0.3 is 0 Å². The fourth-order valence-electron chi connectivity index (χ4n) is 4.89. The van der Waals surface area contributed by atoms with Gasteiger partial charge < -0.3 is 15.0 Å². The summed E-state index contributed by atoms with van der Waals surface area (Å²) in [6, 6.07) is 8.59. The number of hydrogen-bond acceptors (Lipinski definition) is 4. The maximum atomic E-state index is 12.3. The number of rotatable bonds is 7. The van der Waals surface area contributed by atoms with Crippen molar-refractivity contribution in [2.75, 3.05) is 38.8 Å². The highest BCUT2D eigenvalue weighted by Crippen LogP contribution is 2.52. The average Bonchev–Trinajstić information content (AvgIpc) is 2.91. The van der Waals surface area contributed by atoms with Crippen LogP contribution in [-0.2, 0) is 14.9 Å². The summed E-state index contributed by atoms with van der Waals surface area (Å²) >= 11 is 1.56. The molecular weight excluding hydrogens is 356 g/mol. The average molecular weight is 391 g/mol. The molecule has 150 valence electrons. The third kappa shape index (κ3) is 4.20. The molecule has 4 nitrogen and oxygen atoms in total. The number of hydrogen-bond donors (Lipinski definition) is 1. The number of likely N-dealkylation sites (tertiary alicyclic amines) is 1. The molecule has 1 spiro atoms. The van der Waals surface area contributed by atoms with Crippen molar-refractivity contribution in [1.29, 1.82) is 0 Å². The van der Waals surface area contributed by atoms with Crippen molar-refractivity contribution < 1.29 is 9.53 Å². The second-order valence-electron chi connectivity index (χ2n) is 8.40. The number of nitrogens with zero attached hydrogens (tertiary/aromatic N) is 1. The molecule has 0 saturated carbocycles. The van der Waals surface area contributed by atoms with Crippen LogP contribution in [0.15, 0.2) is 24.3 Å². The normalized spacial score (nSPS) is 24.3. The van der Waals surface area contributed by atoms with E-state index in [9.17, 15) is 4.79 Å². The maximum absolute atomic E-state index is 12.3. The third-order valence-corrected chi connectivity index (χ3v) is 6.85. The van der Waals surface area contributed by atoms with Crippen LogP contribution in [0.25, 0.3) is 0 Å². The van der Waals surface area contributed by atoms with Gasteiger partial charge in [-0.15, -0.1) is 0 Å². The molecule has 1 aromatic carbocycles. The molecule has 1 aliphatic carbocycles. The number of methoxy groups -OCH3 is 1. The molecule has 5 heteroatoms. The summed E-state index contributed by atoms with van der Waals surface area (Å²) in [7, 11) is 1.80. The number of thioether (sulfide) groups is 1. The molecule has 0 aromatic heterocycles. The smallest absolute Gasteiger partial charge is 0.230 e. The van der Waals surface area contributed by atoms with Crippen molar-refractivity contribution in [2.24, 2.45) is 5.92 Å². The first-order chi connectivity index (χ1) is 13.0. The molecule has 3 rings (SSSR count). The van der Waals surface area contributed by atoms with Crippen LogP contribution in [0.5, 0.6) is 0 Å². The van der Waals surface area contributed by atoms with Crippen molar-refractivity contribution in [2.45, 2.75) is 50.7 Å². The molecule has 1 heterocycles. The van der Waals surface area contributed by atoms with Crippen LogP contribution in [0, 0.1) is 5.92 Å². The summed E-state index contributed by atoms with van der Waals surface area (Å²) in [6.45, 7) is 7.97. The monoisotopic (exact) mass is 390 g/mol. The van der Waals surface area contributed by atoms with Crippen molar-refractivity contribution in [3.63, 3.8) is 0 Å². The van der Waals surface area contributed by atoms with E-state index in [0.29, 0.717) is 5.75 Å². The molecule has 0 bridgehead atoms. The van der Waals surface area contributed by atoms with Gasteiger partial charge in [-0.2, -0.15) is 11.8 Å². The largest absolute Gasteiger partial charge is 0.378 e. The Kier molecular flexibility index (Phi) is 6.88. The van der Waals surface area contributed by atoms with E-state index < -0.39 is 0 Å². The minimum atomic E-state index is -0.0481. The number of fused-ring (bicyclic) bond motifs is 2. The number of amides is 1. The van der Waals surface area contributed by atoms with Gasteiger partial charge in [0.15, 0.2) is 0 Å². The Balaban J connectivity index is 1.82. The fourth-order valence-corrected chi connectivity index (χ4v) is 5.23. The van der Waals surface area contributed by atoms with Gasteiger partial charge in [-0.3, -0.25) is 4.79 Å². The lowest BCUT2D eigenvalue weighted by atomic mass is 9.72. The first-order valence-corrected chi connectivity index (χ1v) is 11.5. The van der Waals surface area contributed by atoms with Gasteiger partial charge in [0.25, 0.3) is 0 Å². The summed E-state index contributed by atoms with van der Waals surface area (Å²) in [5.41, 5.74) is 2.64. The number of benzene rings is 1. The van der Waals surface area contributed by atoms with Crippen LogP contribution in [0.2, 0.25) is 0 Å². The number of ether oxygens (including phenoxy) is 1. The Morgan fingerprint density at radius 3 is 2.67 bits per heavy atom. The van der Waals surface area contributed by atoms with E-state index in [4.69, 9.17) is 4.74 Å². The molecule has 27 heavy (non-hydrogen) atoms. The summed E-state index contributed by atoms with van der Waals surface area (Å²) in [5.74, 6) is 1.33. The first kappa shape index (κ1) is 20.7. The molecule has 1 aromatic rings. The number of nitrogens with one attached hydrogen (secondary N) is 1. The molecule has 1 fully saturated rings. The number of carbonyl (C=O) groups excluding carboxylic acids is 1. The van der Waals surface area contributed by atoms with Crippen LogP contribution >= 0.6 is 11.8 Å². The lowest BCUT2D eigenvalue weighted by Crippen LogP contribution is -2.50. The Bertz CT molecular complexity index is 641. The van der Waals surface area contributed by atoms with E-state index in [1.807, 2.05) is 6.26 Å². The van der Waals surface area contributed by atoms with Crippen LogP contribution < -0.4 is 5.32 Å². The molecule has 1 N–H and O–H groups in total. The minimum absolute atomic E-state index is 0.00737. The van der Waals surface area contributed by atoms with Gasteiger partial charge in [0.05, 0.1) is 17.9 Å². The van der Waals surface area contributed by atoms with Gasteiger partial charge in [0.1, 0.15) is 0 Å². The second-order valence-corrected chi connectivity index (χ2v) is 9.27. The quantitative estimate of drug-likeness (QED) is 0.772. The lowest BCUT2D eigenvalue weighted by molar-refractivity contribution is -0.120. The minimum Gasteiger partial charge on any atom is -0.378 e. The maximum Gasteiger partial charge on any atom is 0.230 e. The van der Waals surface area contributed by atoms with E-state index in [-0.39, 0.29) is 23.5 Å². The summed E-state index contributed by atoms with van der Waals surface area (Å²) in [5, 5.41) is 3.26. The molecule has 1 aliphatic heterocycles. The number of carbonyl (C=O) groups is 1. The van der Waals surface area contributed by atoms with E-state index >= 15 is 0 Å². The zero-order valence-corrected chi connectivity index (χ0v) is 18.0. The highest BCUT2D eigenvalue weighted by atomic mass is 32.2. The Morgan fingerprint density at radius 2 is 2.04 bits per heavy atom. The van der Waals surface area contributed by atoms with Crippen molar-refractivity contribution in [3.05, 3.63) is 35.4 Å². The summed E-state index contributed by atoms with van der Waals surface area (Å²) in [6.07, 6.45) is 5.41. The van der Waals surface area contributed by atoms with Gasteiger partial charge in [0.2, 0.25) is 5.91 Å². The van der Waals surface area contributed by atoms with Gasteiger partial charge in [-0.25, -0.2) is 0 Å². The zero-order chi connectivity index (χ0) is 19.4. The fraction of sp³-hybridized carbons (Fsp3) is 0.682. The van der Waals surface area contributed by atoms with Crippen LogP contribution in [0.3, 0.4) is 0 Å². The second kappa shape index (κ2) is 8.97. The highest BCUT2D eigenvalue weighted by molar-refractivity contribution is 7.99. The Hall–Kier alpha value is -1.04. The van der Waals surface area contributed by atoms with Crippen LogP contribution in [-0.4, -0.2) is 55.7 Å². The Morgan fingerprint density at radius 1 is 1.33 bits per heavy atom. The molecule has 1 saturated heterocycles. The van der Waals surface area contributed by atoms with Crippen molar-refractivity contribution >= 4 is 17.7 Å². The van der Waals surface area contributed by atoms with Crippen LogP contribution in [0.4, 0.5) is 0 Å². The molecule has 1 amide bonds. The van der Waals surface area contributed by atoms with E-state index in [2.05, 4.69) is 48.3 Å². The summed E-state index contributed by atoms with van der Waals surface area (Å²) in [4.78, 5) is 14.9. The third-order valence-electron chi connectivity index (χ3n) is 6.30. The van der Waals surface area contributed by atoms with Gasteiger partial charge in [0, 0.05) is 12.5 Å². The predicted octanol–water partition coefficient (Wildman–Crippen LogP) is 3.62. The molecule has 0 radical (unpaired) electrons. The standard InChI is InChI=1S/C22H34N2O2S/c1-16(2)9-12-24-13-10-22(11-14-24)18-8-6-5-7-17(18)20(21(22)26-3)23-19(25)15-27-4/h5-8,16,20-21H,9-15H2,1-4H3,(H,23,25)/t20-,21+/m1/s1. The van der Waals surface area contributed by atoms with E-state index in [1.165, 1.54) is 24.1 Å². The van der Waals surface area contributed by atoms with E-state index in [1.54, 1.807) is 18.9 Å². The molecule has 2 atom stereocenters. The topological polar surface area (TPSA) is 41.6 Å². The van der Waals surface area contributed by atoms with Crippen molar-refractivity contribution in [1.82, 2.24) is 10.2 Å². The molecular formula is C22H34N2O2S. The first-order valence-electron chi connectivity index (χ1n) is 10.1. The van der Waals surface area contributed by atoms with Gasteiger partial charge in [-0.1, -0.05) is 38.1 Å². The van der Waals surface area contributed by atoms with Crippen LogP contribution in [0.1, 0.15) is 50.3 Å². The SMILES string of the molecule is CO[C@H]1[C@H](NC(=O)CSC)c2ccccc2C12CCN(CCC(C)C)CC2. The highest BCUT2D eigenvalue weighted by Gasteiger charge is 2.53. The van der Waals surface area contributed by atoms with E-state index in [0.717, 1.165) is 31.8 Å².